The lowest BCUT2D eigenvalue weighted by atomic mass is 9.84. The van der Waals surface area contributed by atoms with Gasteiger partial charge in [-0.05, 0) is 143 Å². The molecule has 3 aliphatic heterocycles. The number of ether oxygens (including phenoxy) is 4. The number of esters is 1. The Morgan fingerprint density at radius 2 is 1.67 bits per heavy atom. The number of methoxy groups -OCH3 is 1. The Kier molecular flexibility index (Phi) is 19.8. The highest BCUT2D eigenvalue weighted by molar-refractivity contribution is 6.38. The minimum Gasteiger partial charge on any atom is -0.493 e. The highest BCUT2D eigenvalue weighted by Gasteiger charge is 2.42. The van der Waals surface area contributed by atoms with E-state index in [1.807, 2.05) is 19.9 Å². The molecule has 2 saturated heterocycles. The van der Waals surface area contributed by atoms with Gasteiger partial charge in [0.05, 0.1) is 18.5 Å². The molecule has 4 aromatic rings. The highest BCUT2D eigenvalue weighted by Crippen LogP contribution is 2.39. The number of hydrogen-bond donors (Lipinski definition) is 2. The van der Waals surface area contributed by atoms with Crippen molar-refractivity contribution >= 4 is 52.5 Å². The number of azo groups is 1. The van der Waals surface area contributed by atoms with Crippen molar-refractivity contribution in [2.75, 3.05) is 33.4 Å². The smallest absolute Gasteiger partial charge is 0.329 e. The first-order valence-electron chi connectivity index (χ1n) is 27.1. The normalized spacial score (nSPS) is 16.8. The van der Waals surface area contributed by atoms with Gasteiger partial charge >= 0.3 is 5.97 Å². The number of benzene rings is 4. The van der Waals surface area contributed by atoms with Crippen molar-refractivity contribution in [1.29, 1.82) is 0 Å². The van der Waals surface area contributed by atoms with Gasteiger partial charge in [-0.3, -0.25) is 28.8 Å². The number of fused-ring (bicyclic) bond motifs is 1. The highest BCUT2D eigenvalue weighted by atomic mass is 16.5. The van der Waals surface area contributed by atoms with Crippen LogP contribution in [-0.4, -0.2) is 96.5 Å². The van der Waals surface area contributed by atoms with Crippen molar-refractivity contribution in [2.24, 2.45) is 15.6 Å². The van der Waals surface area contributed by atoms with E-state index in [1.165, 1.54) is 17.6 Å². The van der Waals surface area contributed by atoms with Gasteiger partial charge in [0, 0.05) is 54.4 Å². The molecule has 0 bridgehead atoms. The van der Waals surface area contributed by atoms with Gasteiger partial charge < -0.3 is 39.4 Å². The molecule has 17 nitrogen and oxygen atoms in total. The third-order valence-electron chi connectivity index (χ3n) is 15.1. The van der Waals surface area contributed by atoms with E-state index in [4.69, 9.17) is 18.9 Å². The Hall–Kier alpha value is -7.69. The summed E-state index contributed by atoms with van der Waals surface area (Å²) in [6, 6.07) is 20.6. The number of rotatable bonds is 25. The van der Waals surface area contributed by atoms with Crippen LogP contribution in [0.1, 0.15) is 141 Å². The van der Waals surface area contributed by atoms with E-state index in [2.05, 4.69) is 59.5 Å². The monoisotopic (exact) mass is 1070 g/mol. The molecule has 1 unspecified atom stereocenters. The zero-order chi connectivity index (χ0) is 56.1. The van der Waals surface area contributed by atoms with Crippen LogP contribution in [0.25, 0.3) is 0 Å². The topological polar surface area (TPSA) is 212 Å². The number of unbranched alkanes of at least 4 members (excludes halogenated alkanes) is 2. The number of aryl methyl sites for hydroxylation is 4. The number of nitrogens with zero attached hydrogens (tertiary/aromatic N) is 4. The second-order valence-corrected chi connectivity index (χ2v) is 21.2. The molecule has 0 spiro atoms. The van der Waals surface area contributed by atoms with Crippen molar-refractivity contribution in [3.05, 3.63) is 124 Å². The van der Waals surface area contributed by atoms with Gasteiger partial charge in [-0.25, -0.2) is 4.79 Å². The Bertz CT molecular complexity index is 2950. The van der Waals surface area contributed by atoms with Crippen LogP contribution in [0.15, 0.2) is 95.3 Å². The molecule has 0 aliphatic carbocycles. The molecule has 414 valence electrons. The lowest BCUT2D eigenvalue weighted by molar-refractivity contribution is -0.164. The number of piperidine rings is 2. The van der Waals surface area contributed by atoms with Gasteiger partial charge in [-0.2, -0.15) is 10.2 Å². The molecule has 3 heterocycles. The number of hydrogen-bond acceptors (Lipinski definition) is 13. The number of ketones is 2. The zero-order valence-electron chi connectivity index (χ0n) is 46.2. The van der Waals surface area contributed by atoms with Crippen LogP contribution < -0.4 is 24.8 Å². The molecular weight excluding hydrogens is 993 g/mol. The fraction of sp³-hybridized carbons (Fsp3) is 0.459. The zero-order valence-corrected chi connectivity index (χ0v) is 46.2. The summed E-state index contributed by atoms with van der Waals surface area (Å²) in [6.07, 6.45) is 6.03. The first kappa shape index (κ1) is 58.0. The summed E-state index contributed by atoms with van der Waals surface area (Å²) in [5.74, 6) is -1.38. The van der Waals surface area contributed by atoms with Crippen molar-refractivity contribution in [3.63, 3.8) is 0 Å². The molecule has 3 atom stereocenters. The van der Waals surface area contributed by atoms with Crippen LogP contribution in [0.3, 0.4) is 0 Å². The van der Waals surface area contributed by atoms with Gasteiger partial charge in [0.25, 0.3) is 17.7 Å². The van der Waals surface area contributed by atoms with Gasteiger partial charge in [0.15, 0.2) is 23.9 Å². The average Bonchev–Trinajstić information content (AvgIpc) is 3.81. The first-order valence-corrected chi connectivity index (χ1v) is 27.1. The van der Waals surface area contributed by atoms with Crippen molar-refractivity contribution in [3.8, 4) is 17.2 Å². The maximum Gasteiger partial charge on any atom is 0.329 e. The van der Waals surface area contributed by atoms with Gasteiger partial charge in [-0.15, -0.1) is 0 Å². The van der Waals surface area contributed by atoms with E-state index in [0.29, 0.717) is 140 Å². The molecular formula is C61H74N6O11. The Morgan fingerprint density at radius 1 is 0.872 bits per heavy atom. The van der Waals surface area contributed by atoms with E-state index < -0.39 is 41.3 Å². The van der Waals surface area contributed by atoms with Gasteiger partial charge in [0.1, 0.15) is 30.5 Å². The van der Waals surface area contributed by atoms with Crippen molar-refractivity contribution < 1.29 is 52.5 Å². The third kappa shape index (κ3) is 14.7. The molecule has 7 rings (SSSR count). The van der Waals surface area contributed by atoms with Gasteiger partial charge in [-0.1, -0.05) is 70.2 Å². The molecule has 17 heteroatoms. The van der Waals surface area contributed by atoms with E-state index in [0.717, 1.165) is 17.5 Å². The van der Waals surface area contributed by atoms with E-state index >= 15 is 0 Å². The SMILES string of the molecule is C=C1CCC(N2Cc3c(N=Nc4cc(C)c(OCC(=O)NCCCCCC(=O)COc5cccc([C@@H](CCc6ccc(C)c(C)c6)OC(=O)[C@@H]6CCCCN6C(=O)C(=O)C(C)(C)CC)c5)c(OC)c4)cccc3C2=O)C(=O)N1. The number of likely N-dealkylation sites (tertiary alicyclic amines) is 1. The Labute approximate surface area is 457 Å². The summed E-state index contributed by atoms with van der Waals surface area (Å²) in [7, 11) is 1.49. The summed E-state index contributed by atoms with van der Waals surface area (Å²) < 4.78 is 23.8. The minimum atomic E-state index is -0.875. The number of amides is 4. The Balaban J connectivity index is 0.855. The molecule has 4 amide bonds. The maximum atomic E-state index is 14.0. The average molecular weight is 1070 g/mol. The summed E-state index contributed by atoms with van der Waals surface area (Å²) in [5.41, 5.74) is 6.74. The maximum absolute atomic E-state index is 14.0. The van der Waals surface area contributed by atoms with Crippen molar-refractivity contribution in [2.45, 2.75) is 143 Å². The first-order chi connectivity index (χ1) is 37.4. The lowest BCUT2D eigenvalue weighted by Crippen LogP contribution is -2.53. The van der Waals surface area contributed by atoms with Crippen LogP contribution in [0, 0.1) is 26.2 Å². The lowest BCUT2D eigenvalue weighted by Gasteiger charge is -2.36. The summed E-state index contributed by atoms with van der Waals surface area (Å²) in [4.78, 5) is 95.6. The van der Waals surface area contributed by atoms with E-state index in [9.17, 15) is 33.6 Å². The van der Waals surface area contributed by atoms with Crippen LogP contribution in [0.5, 0.6) is 17.2 Å². The molecule has 4 aromatic carbocycles. The summed E-state index contributed by atoms with van der Waals surface area (Å²) >= 11 is 0. The Morgan fingerprint density at radius 3 is 2.42 bits per heavy atom. The summed E-state index contributed by atoms with van der Waals surface area (Å²) in [6.45, 7) is 15.7. The minimum absolute atomic E-state index is 0.0828. The van der Waals surface area contributed by atoms with E-state index in [-0.39, 0.29) is 43.3 Å². The number of carbonyl (C=O) groups is 7. The predicted octanol–water partition coefficient (Wildman–Crippen LogP) is 10.1. The summed E-state index contributed by atoms with van der Waals surface area (Å²) in [5, 5.41) is 14.5. The molecule has 2 N–H and O–H groups in total. The molecule has 0 radical (unpaired) electrons. The second-order valence-electron chi connectivity index (χ2n) is 21.2. The number of allylic oxidation sites excluding steroid dienone is 1. The number of nitrogens with one attached hydrogen (secondary N) is 2. The number of carbonyl (C=O) groups excluding carboxylic acids is 7. The largest absolute Gasteiger partial charge is 0.493 e. The quantitative estimate of drug-likeness (QED) is 0.0276. The standard InChI is InChI=1S/C61H74N6O11/c1-9-61(6,7)56(70)59(73)66-30-14-12-22-51(66)60(74)78-52(28-26-42-25-23-38(2)39(3)31-42)43-17-15-19-46(33-43)76-36-45(68)18-11-10-13-29-62-54(69)37-77-55-40(4)32-44(34-53(55)75-8)64-65-49-21-16-20-47-48(49)35-67(58(47)72)50-27-24-41(5)63-57(50)71/h15-17,19-21,23,25,31-34,50-52H,5,9-14,18,22,24,26-30,35-37H2,1-4,6-8H3,(H,62,69)(H,63,71)/t50?,51-,52+/m0/s1. The molecule has 3 aliphatic rings. The van der Waals surface area contributed by atoms with Crippen LogP contribution >= 0.6 is 0 Å². The van der Waals surface area contributed by atoms with Crippen LogP contribution in [0.4, 0.5) is 11.4 Å². The van der Waals surface area contributed by atoms with E-state index in [1.54, 1.807) is 67.3 Å². The molecule has 0 saturated carbocycles. The third-order valence-corrected chi connectivity index (χ3v) is 15.1. The van der Waals surface area contributed by atoms with Gasteiger partial charge in [0.2, 0.25) is 11.7 Å². The van der Waals surface area contributed by atoms with Crippen LogP contribution in [-0.2, 0) is 46.5 Å². The molecule has 78 heavy (non-hydrogen) atoms. The predicted molar refractivity (Wildman–Crippen MR) is 294 cm³/mol. The van der Waals surface area contributed by atoms with Crippen molar-refractivity contribution in [1.82, 2.24) is 20.4 Å². The molecule has 0 aromatic heterocycles. The fourth-order valence-electron chi connectivity index (χ4n) is 9.82. The van der Waals surface area contributed by atoms with Crippen LogP contribution in [0.2, 0.25) is 0 Å². The number of Topliss-reactive ketones (excluding diaryl/α,β-unsaturated/α-hetero) is 2. The fourth-order valence-corrected chi connectivity index (χ4v) is 9.82. The second kappa shape index (κ2) is 26.6. The molecule has 2 fully saturated rings.